The molecule has 3 amide bonds. The second-order valence-corrected chi connectivity index (χ2v) is 11.5. The van der Waals surface area contributed by atoms with Crippen molar-refractivity contribution in [1.82, 2.24) is 20.9 Å². The lowest BCUT2D eigenvalue weighted by Crippen LogP contribution is -2.58. The first-order chi connectivity index (χ1) is 20.9. The number of benzene rings is 1. The minimum Gasteiger partial charge on any atom is -0.435 e. The van der Waals surface area contributed by atoms with Crippen LogP contribution in [0.4, 0.5) is 8.78 Å². The topological polar surface area (TPSA) is 159 Å². The maximum atomic E-state index is 13.7. The average Bonchev–Trinajstić information content (AvgIpc) is 3.53. The number of nitrogens with zero attached hydrogens (tertiary/aromatic N) is 1. The summed E-state index contributed by atoms with van der Waals surface area (Å²) in [5.74, 6) is -2.67. The molecule has 2 aliphatic heterocycles. The number of aliphatic hydroxyl groups is 1. The average molecular weight is 623 g/mol. The molecule has 4 N–H and O–H groups in total. The van der Waals surface area contributed by atoms with Crippen molar-refractivity contribution in [2.45, 2.75) is 76.0 Å². The Morgan fingerprint density at radius 3 is 2.48 bits per heavy atom. The Labute approximate surface area is 254 Å². The van der Waals surface area contributed by atoms with Gasteiger partial charge in [0.15, 0.2) is 5.78 Å². The molecule has 2 saturated heterocycles. The quantitative estimate of drug-likeness (QED) is 0.165. The van der Waals surface area contributed by atoms with Crippen LogP contribution >= 0.6 is 0 Å². The molecule has 0 aromatic heterocycles. The Hall–Kier alpha value is -3.46. The normalized spacial score (nSPS) is 22.7. The van der Waals surface area contributed by atoms with E-state index in [2.05, 4.69) is 20.7 Å². The van der Waals surface area contributed by atoms with Gasteiger partial charge in [0.05, 0.1) is 32.4 Å². The van der Waals surface area contributed by atoms with Crippen LogP contribution in [-0.4, -0.2) is 103 Å². The molecule has 242 valence electrons. The Morgan fingerprint density at radius 2 is 1.84 bits per heavy atom. The van der Waals surface area contributed by atoms with Gasteiger partial charge in [0.25, 0.3) is 0 Å². The van der Waals surface area contributed by atoms with Gasteiger partial charge in [-0.2, -0.15) is 8.78 Å². The summed E-state index contributed by atoms with van der Waals surface area (Å²) in [5, 5.41) is 19.1. The van der Waals surface area contributed by atoms with Crippen molar-refractivity contribution in [3.05, 3.63) is 41.5 Å². The van der Waals surface area contributed by atoms with E-state index in [1.54, 1.807) is 6.92 Å². The predicted octanol–water partition coefficient (Wildman–Crippen LogP) is 0.986. The zero-order valence-electron chi connectivity index (χ0n) is 24.9. The smallest absolute Gasteiger partial charge is 0.387 e. The van der Waals surface area contributed by atoms with Crippen LogP contribution in [0.15, 0.2) is 35.9 Å². The SMILES string of the molecule is C[C@H](NC(=O)CN1CCOCC1)C(=O)N[C@H](C(=O)N[C@@H](CC1=CCCC1)C(=O)[C@@]1(C)CO1)[C@H](O)c1cccc(OC(F)F)c1. The highest BCUT2D eigenvalue weighted by molar-refractivity contribution is 5.98. The number of hydrogen-bond donors (Lipinski definition) is 4. The van der Waals surface area contributed by atoms with Gasteiger partial charge in [0, 0.05) is 13.1 Å². The summed E-state index contributed by atoms with van der Waals surface area (Å²) < 4.78 is 40.7. The molecule has 2 heterocycles. The number of morpholine rings is 1. The Bertz CT molecular complexity index is 1240. The number of allylic oxidation sites excluding steroid dienone is 1. The molecule has 0 unspecified atom stereocenters. The fraction of sp³-hybridized carbons (Fsp3) is 0.600. The molecule has 2 fully saturated rings. The minimum atomic E-state index is -3.12. The van der Waals surface area contributed by atoms with Crippen LogP contribution in [0.1, 0.15) is 51.2 Å². The maximum Gasteiger partial charge on any atom is 0.387 e. The lowest BCUT2D eigenvalue weighted by atomic mass is 9.93. The monoisotopic (exact) mass is 622 g/mol. The summed E-state index contributed by atoms with van der Waals surface area (Å²) in [4.78, 5) is 54.7. The number of rotatable bonds is 15. The third-order valence-corrected chi connectivity index (χ3v) is 7.90. The molecule has 3 aliphatic rings. The van der Waals surface area contributed by atoms with Crippen LogP contribution in [0.25, 0.3) is 0 Å². The number of ether oxygens (including phenoxy) is 3. The Kier molecular flexibility index (Phi) is 11.4. The number of amides is 3. The summed E-state index contributed by atoms with van der Waals surface area (Å²) >= 11 is 0. The fourth-order valence-corrected chi connectivity index (χ4v) is 5.22. The van der Waals surface area contributed by atoms with Crippen LogP contribution in [0.3, 0.4) is 0 Å². The van der Waals surface area contributed by atoms with Crippen molar-refractivity contribution < 1.29 is 47.3 Å². The van der Waals surface area contributed by atoms with Gasteiger partial charge in [0.2, 0.25) is 17.7 Å². The largest absolute Gasteiger partial charge is 0.435 e. The zero-order valence-corrected chi connectivity index (χ0v) is 24.9. The van der Waals surface area contributed by atoms with E-state index in [9.17, 15) is 33.1 Å². The molecular weight excluding hydrogens is 582 g/mol. The van der Waals surface area contributed by atoms with Gasteiger partial charge >= 0.3 is 6.61 Å². The van der Waals surface area contributed by atoms with Gasteiger partial charge in [-0.3, -0.25) is 24.1 Å². The molecule has 0 bridgehead atoms. The van der Waals surface area contributed by atoms with E-state index in [1.807, 2.05) is 11.0 Å². The number of hydrogen-bond acceptors (Lipinski definition) is 9. The first-order valence-corrected chi connectivity index (χ1v) is 14.7. The van der Waals surface area contributed by atoms with Crippen molar-refractivity contribution >= 4 is 23.5 Å². The van der Waals surface area contributed by atoms with E-state index >= 15 is 0 Å². The number of aliphatic hydroxyl groups excluding tert-OH is 1. The summed E-state index contributed by atoms with van der Waals surface area (Å²) in [6.07, 6.45) is 3.10. The van der Waals surface area contributed by atoms with Crippen LogP contribution < -0.4 is 20.7 Å². The van der Waals surface area contributed by atoms with Crippen molar-refractivity contribution in [3.63, 3.8) is 0 Å². The molecule has 44 heavy (non-hydrogen) atoms. The lowest BCUT2D eigenvalue weighted by molar-refractivity contribution is -0.136. The van der Waals surface area contributed by atoms with Gasteiger partial charge in [-0.25, -0.2) is 0 Å². The van der Waals surface area contributed by atoms with E-state index in [-0.39, 0.29) is 36.7 Å². The van der Waals surface area contributed by atoms with Crippen LogP contribution in [-0.2, 0) is 28.7 Å². The van der Waals surface area contributed by atoms with Crippen molar-refractivity contribution in [2.75, 3.05) is 39.5 Å². The molecule has 1 aliphatic carbocycles. The van der Waals surface area contributed by atoms with Crippen molar-refractivity contribution in [3.8, 4) is 5.75 Å². The number of nitrogens with one attached hydrogen (secondary N) is 3. The number of Topliss-reactive ketones (excluding diaryl/α,β-unsaturated/α-hetero) is 1. The van der Waals surface area contributed by atoms with Gasteiger partial charge < -0.3 is 35.3 Å². The van der Waals surface area contributed by atoms with Crippen molar-refractivity contribution in [1.29, 1.82) is 0 Å². The lowest BCUT2D eigenvalue weighted by Gasteiger charge is -2.29. The number of alkyl halides is 2. The summed E-state index contributed by atoms with van der Waals surface area (Å²) in [6, 6.07) is 1.36. The molecule has 4 rings (SSSR count). The third-order valence-electron chi connectivity index (χ3n) is 7.90. The number of carbonyl (C=O) groups is 4. The maximum absolute atomic E-state index is 13.7. The highest BCUT2D eigenvalue weighted by atomic mass is 19.3. The van der Waals surface area contributed by atoms with Gasteiger partial charge in [-0.1, -0.05) is 23.8 Å². The van der Waals surface area contributed by atoms with E-state index in [0.717, 1.165) is 30.9 Å². The second kappa shape index (κ2) is 15.0. The molecule has 14 heteroatoms. The zero-order chi connectivity index (χ0) is 31.9. The van der Waals surface area contributed by atoms with Gasteiger partial charge in [0.1, 0.15) is 29.5 Å². The Morgan fingerprint density at radius 1 is 1.11 bits per heavy atom. The highest BCUT2D eigenvalue weighted by Crippen LogP contribution is 2.32. The van der Waals surface area contributed by atoms with Crippen LogP contribution in [0.5, 0.6) is 5.75 Å². The molecule has 0 spiro atoms. The van der Waals surface area contributed by atoms with Crippen LogP contribution in [0.2, 0.25) is 0 Å². The molecule has 1 aromatic carbocycles. The molecule has 0 saturated carbocycles. The molecule has 5 atom stereocenters. The number of ketones is 1. The van der Waals surface area contributed by atoms with Crippen molar-refractivity contribution in [2.24, 2.45) is 0 Å². The third kappa shape index (κ3) is 9.27. The summed E-state index contributed by atoms with van der Waals surface area (Å²) in [5.41, 5.74) is -0.0386. The second-order valence-electron chi connectivity index (χ2n) is 11.5. The standard InChI is InChI=1S/C30H40F2N4O8/c1-18(33-23(37)16-36-10-12-42-13-11-36)27(40)35-24(25(38)20-8-5-9-21(15-20)44-29(31)32)28(41)34-22(14-19-6-3-4-7-19)26(39)30(2)17-43-30/h5-6,8-9,15,18,22,24-25,29,38H,3-4,7,10-14,16-17H2,1-2H3,(H,33,37)(H,34,41)(H,35,40)/t18-,22-,24-,25+,30+/m0/s1. The van der Waals surface area contributed by atoms with Crippen LogP contribution in [0, 0.1) is 0 Å². The molecule has 1 aromatic rings. The fourth-order valence-electron chi connectivity index (χ4n) is 5.22. The van der Waals surface area contributed by atoms with Gasteiger partial charge in [-0.15, -0.1) is 0 Å². The van der Waals surface area contributed by atoms with E-state index < -0.39 is 54.2 Å². The predicted molar refractivity (Wildman–Crippen MR) is 153 cm³/mol. The van der Waals surface area contributed by atoms with E-state index in [1.165, 1.54) is 25.1 Å². The molecule has 0 radical (unpaired) electrons. The van der Waals surface area contributed by atoms with E-state index in [4.69, 9.17) is 9.47 Å². The molecule has 12 nitrogen and oxygen atoms in total. The summed E-state index contributed by atoms with van der Waals surface area (Å²) in [6.45, 7) is 2.31. The number of epoxide rings is 1. The first kappa shape index (κ1) is 33.4. The minimum absolute atomic E-state index is 0.00599. The van der Waals surface area contributed by atoms with Gasteiger partial charge in [-0.05, 0) is 57.2 Å². The van der Waals surface area contributed by atoms with E-state index in [0.29, 0.717) is 26.3 Å². The number of carbonyl (C=O) groups excluding carboxylic acids is 4. The summed E-state index contributed by atoms with van der Waals surface area (Å²) in [7, 11) is 0. The first-order valence-electron chi connectivity index (χ1n) is 14.7. The number of halogens is 2. The highest BCUT2D eigenvalue weighted by Gasteiger charge is 2.50. The Balaban J connectivity index is 1.51. The molecular formula is C30H40F2N4O8.